The number of carbonyl (C=O) groups is 2. The molecule has 2 amide bonds. The minimum absolute atomic E-state index is 0.131. The molecule has 0 bridgehead atoms. The number of aromatic carboxylic acids is 1. The van der Waals surface area contributed by atoms with E-state index < -0.39 is 5.97 Å². The second kappa shape index (κ2) is 7.32. The van der Waals surface area contributed by atoms with Crippen LogP contribution in [0.2, 0.25) is 0 Å². The Morgan fingerprint density at radius 2 is 1.83 bits per heavy atom. The van der Waals surface area contributed by atoms with Gasteiger partial charge < -0.3 is 20.5 Å². The zero-order valence-corrected chi connectivity index (χ0v) is 10.4. The van der Waals surface area contributed by atoms with Crippen LogP contribution in [-0.4, -0.2) is 18.5 Å². The standard InChI is InChI=1S/C13H18N2O3/c1-2-3-8-14-13(18)15-9-10-4-6-11(7-5-10)12(16)17/h4-7H,2-3,8-9H2,1H3,(H,16,17)(H2,14,15,18)/p-1. The van der Waals surface area contributed by atoms with Gasteiger partial charge in [-0.3, -0.25) is 0 Å². The van der Waals surface area contributed by atoms with Gasteiger partial charge in [0.2, 0.25) is 0 Å². The first-order chi connectivity index (χ1) is 8.63. The lowest BCUT2D eigenvalue weighted by Gasteiger charge is -2.08. The molecule has 0 aliphatic carbocycles. The number of unbranched alkanes of at least 4 members (excludes halogenated alkanes) is 1. The van der Waals surface area contributed by atoms with E-state index in [1.165, 1.54) is 12.1 Å². The van der Waals surface area contributed by atoms with Gasteiger partial charge in [0.15, 0.2) is 0 Å². The Hall–Kier alpha value is -2.04. The molecular formula is C13H17N2O3-. The van der Waals surface area contributed by atoms with Crippen LogP contribution in [0.1, 0.15) is 35.7 Å². The zero-order chi connectivity index (χ0) is 13.4. The van der Waals surface area contributed by atoms with Crippen molar-refractivity contribution in [1.82, 2.24) is 10.6 Å². The number of carboxylic acid groups (broad SMARTS) is 1. The molecule has 1 rings (SSSR count). The number of carboxylic acids is 1. The van der Waals surface area contributed by atoms with E-state index >= 15 is 0 Å². The molecule has 0 atom stereocenters. The molecule has 0 aliphatic rings. The Labute approximate surface area is 106 Å². The van der Waals surface area contributed by atoms with Crippen molar-refractivity contribution in [3.05, 3.63) is 35.4 Å². The van der Waals surface area contributed by atoms with Crippen molar-refractivity contribution in [3.63, 3.8) is 0 Å². The summed E-state index contributed by atoms with van der Waals surface area (Å²) in [6.07, 6.45) is 1.98. The number of nitrogens with one attached hydrogen (secondary N) is 2. The lowest BCUT2D eigenvalue weighted by atomic mass is 10.1. The molecule has 1 aromatic carbocycles. The minimum Gasteiger partial charge on any atom is -0.545 e. The molecule has 0 heterocycles. The number of benzene rings is 1. The summed E-state index contributed by atoms with van der Waals surface area (Å²) in [4.78, 5) is 21.9. The predicted molar refractivity (Wildman–Crippen MR) is 65.9 cm³/mol. The fraction of sp³-hybridized carbons (Fsp3) is 0.385. The van der Waals surface area contributed by atoms with Crippen molar-refractivity contribution >= 4 is 12.0 Å². The van der Waals surface area contributed by atoms with Crippen LogP contribution in [0.4, 0.5) is 4.79 Å². The summed E-state index contributed by atoms with van der Waals surface area (Å²) >= 11 is 0. The van der Waals surface area contributed by atoms with E-state index in [1.54, 1.807) is 12.1 Å². The van der Waals surface area contributed by atoms with Crippen molar-refractivity contribution in [2.45, 2.75) is 26.3 Å². The Morgan fingerprint density at radius 3 is 2.39 bits per heavy atom. The lowest BCUT2D eigenvalue weighted by molar-refractivity contribution is -0.255. The van der Waals surface area contributed by atoms with Crippen molar-refractivity contribution < 1.29 is 14.7 Å². The molecule has 2 N–H and O–H groups in total. The van der Waals surface area contributed by atoms with E-state index in [1.807, 2.05) is 0 Å². The third-order valence-corrected chi connectivity index (χ3v) is 2.46. The first kappa shape index (κ1) is 14.0. The predicted octanol–water partition coefficient (Wildman–Crippen LogP) is 0.649. The molecule has 0 radical (unpaired) electrons. The quantitative estimate of drug-likeness (QED) is 0.726. The SMILES string of the molecule is CCCCNC(=O)NCc1ccc(C(=O)[O-])cc1. The molecule has 0 spiro atoms. The summed E-state index contributed by atoms with van der Waals surface area (Å²) < 4.78 is 0. The molecule has 5 nitrogen and oxygen atoms in total. The van der Waals surface area contributed by atoms with E-state index in [-0.39, 0.29) is 11.6 Å². The highest BCUT2D eigenvalue weighted by atomic mass is 16.4. The molecule has 0 saturated heterocycles. The molecule has 1 aromatic rings. The number of carbonyl (C=O) groups excluding carboxylic acids is 2. The van der Waals surface area contributed by atoms with E-state index in [0.29, 0.717) is 13.1 Å². The topological polar surface area (TPSA) is 81.3 Å². The first-order valence-corrected chi connectivity index (χ1v) is 5.95. The van der Waals surface area contributed by atoms with E-state index in [4.69, 9.17) is 0 Å². The van der Waals surface area contributed by atoms with Crippen LogP contribution in [0.3, 0.4) is 0 Å². The second-order valence-corrected chi connectivity index (χ2v) is 3.95. The molecule has 0 unspecified atom stereocenters. The van der Waals surface area contributed by atoms with Crippen molar-refractivity contribution in [2.75, 3.05) is 6.54 Å². The van der Waals surface area contributed by atoms with Crippen LogP contribution in [0, 0.1) is 0 Å². The van der Waals surface area contributed by atoms with Gasteiger partial charge in [0.25, 0.3) is 0 Å². The van der Waals surface area contributed by atoms with Gasteiger partial charge in [-0.15, -0.1) is 0 Å². The van der Waals surface area contributed by atoms with Crippen LogP contribution in [-0.2, 0) is 6.54 Å². The Kier molecular flexibility index (Phi) is 5.70. The highest BCUT2D eigenvalue weighted by molar-refractivity contribution is 5.85. The summed E-state index contributed by atoms with van der Waals surface area (Å²) in [7, 11) is 0. The van der Waals surface area contributed by atoms with Crippen molar-refractivity contribution in [3.8, 4) is 0 Å². The number of amides is 2. The summed E-state index contributed by atoms with van der Waals surface area (Å²) in [6.45, 7) is 3.08. The van der Waals surface area contributed by atoms with Crippen LogP contribution < -0.4 is 15.7 Å². The Balaban J connectivity index is 2.34. The Bertz CT molecular complexity index is 401. The first-order valence-electron chi connectivity index (χ1n) is 5.95. The van der Waals surface area contributed by atoms with Crippen LogP contribution in [0.25, 0.3) is 0 Å². The van der Waals surface area contributed by atoms with Crippen molar-refractivity contribution in [1.29, 1.82) is 0 Å². The normalized spacial score (nSPS) is 9.83. The number of rotatable bonds is 6. The molecule has 98 valence electrons. The third-order valence-electron chi connectivity index (χ3n) is 2.46. The number of urea groups is 1. The number of hydrogen-bond donors (Lipinski definition) is 2. The largest absolute Gasteiger partial charge is 0.545 e. The van der Waals surface area contributed by atoms with Crippen LogP contribution >= 0.6 is 0 Å². The maximum atomic E-state index is 11.3. The van der Waals surface area contributed by atoms with Gasteiger partial charge in [-0.05, 0) is 17.5 Å². The Morgan fingerprint density at radius 1 is 1.17 bits per heavy atom. The van der Waals surface area contributed by atoms with E-state index in [0.717, 1.165) is 18.4 Å². The van der Waals surface area contributed by atoms with Crippen LogP contribution in [0.5, 0.6) is 0 Å². The summed E-state index contributed by atoms with van der Waals surface area (Å²) in [5.41, 5.74) is 0.969. The maximum Gasteiger partial charge on any atom is 0.315 e. The van der Waals surface area contributed by atoms with E-state index in [2.05, 4.69) is 17.6 Å². The van der Waals surface area contributed by atoms with Gasteiger partial charge in [0, 0.05) is 13.1 Å². The average Bonchev–Trinajstić information content (AvgIpc) is 2.37. The van der Waals surface area contributed by atoms with Gasteiger partial charge in [0.1, 0.15) is 0 Å². The van der Waals surface area contributed by atoms with Crippen molar-refractivity contribution in [2.24, 2.45) is 0 Å². The van der Waals surface area contributed by atoms with Gasteiger partial charge >= 0.3 is 6.03 Å². The van der Waals surface area contributed by atoms with E-state index in [9.17, 15) is 14.7 Å². The third kappa shape index (κ3) is 4.86. The monoisotopic (exact) mass is 249 g/mol. The summed E-state index contributed by atoms with van der Waals surface area (Å²) in [5.74, 6) is -1.20. The molecule has 18 heavy (non-hydrogen) atoms. The van der Waals surface area contributed by atoms with Gasteiger partial charge in [-0.1, -0.05) is 37.6 Å². The van der Waals surface area contributed by atoms with Gasteiger partial charge in [-0.25, -0.2) is 4.79 Å². The maximum absolute atomic E-state index is 11.3. The molecule has 0 aliphatic heterocycles. The summed E-state index contributed by atoms with van der Waals surface area (Å²) in [5, 5.41) is 16.0. The highest BCUT2D eigenvalue weighted by Gasteiger charge is 2.00. The van der Waals surface area contributed by atoms with Gasteiger partial charge in [-0.2, -0.15) is 0 Å². The van der Waals surface area contributed by atoms with Crippen LogP contribution in [0.15, 0.2) is 24.3 Å². The van der Waals surface area contributed by atoms with Gasteiger partial charge in [0.05, 0.1) is 5.97 Å². The molecular weight excluding hydrogens is 232 g/mol. The summed E-state index contributed by atoms with van der Waals surface area (Å²) in [6, 6.07) is 6.00. The molecule has 0 fully saturated rings. The number of hydrogen-bond acceptors (Lipinski definition) is 3. The molecule has 0 saturated carbocycles. The fourth-order valence-corrected chi connectivity index (χ4v) is 1.38. The second-order valence-electron chi connectivity index (χ2n) is 3.95. The highest BCUT2D eigenvalue weighted by Crippen LogP contribution is 2.03. The fourth-order valence-electron chi connectivity index (χ4n) is 1.38. The minimum atomic E-state index is -1.20. The zero-order valence-electron chi connectivity index (χ0n) is 10.4. The smallest absolute Gasteiger partial charge is 0.315 e. The average molecular weight is 249 g/mol. The lowest BCUT2D eigenvalue weighted by Crippen LogP contribution is -2.35. The molecule has 0 aromatic heterocycles. The molecule has 5 heteroatoms.